The molecule has 5 aliphatic heterocycles. The molecule has 0 unspecified atom stereocenters. The molecule has 4 saturated heterocycles. The van der Waals surface area contributed by atoms with E-state index in [1.807, 2.05) is 13.0 Å². The molecular formula is C29H36ClIN4O6. The molecule has 0 spiro atoms. The standard InChI is InChI=1S/C29H35IN4O6.ClH/c1-18-21(27(29(38)39)32-26(18)25(19(2)35)28(32)37)4-3-15-40-23-6-5-20(16-22(23)30)7-8-33-9-12-34(13-10-33,14-11-33)17-24(31)36;/h5-6,16,18-19,25-26,35H,7-15,17H2,1-2H3,(H-2,31,36,38,39);1H/t18-,19+,25+,26+,33?,34?;/m0./s1. The van der Waals surface area contributed by atoms with Gasteiger partial charge < -0.3 is 51.8 Å². The predicted molar refractivity (Wildman–Crippen MR) is 152 cm³/mol. The van der Waals surface area contributed by atoms with Crippen LogP contribution in [0.2, 0.25) is 0 Å². The summed E-state index contributed by atoms with van der Waals surface area (Å²) < 4.78 is 8.82. The maximum atomic E-state index is 12.4. The highest BCUT2D eigenvalue weighted by Crippen LogP contribution is 2.46. The van der Waals surface area contributed by atoms with Gasteiger partial charge in [-0.05, 0) is 47.2 Å². The van der Waals surface area contributed by atoms with Crippen LogP contribution in [0.5, 0.6) is 5.75 Å². The molecule has 222 valence electrons. The van der Waals surface area contributed by atoms with Crippen molar-refractivity contribution in [1.82, 2.24) is 4.90 Å². The summed E-state index contributed by atoms with van der Waals surface area (Å²) in [6, 6.07) is 5.73. The van der Waals surface area contributed by atoms with Crippen LogP contribution < -0.4 is 28.0 Å². The highest BCUT2D eigenvalue weighted by molar-refractivity contribution is 14.1. The van der Waals surface area contributed by atoms with Gasteiger partial charge in [0.2, 0.25) is 5.91 Å². The van der Waals surface area contributed by atoms with Crippen LogP contribution in [0.3, 0.4) is 0 Å². The lowest BCUT2D eigenvalue weighted by atomic mass is 9.78. The van der Waals surface area contributed by atoms with Crippen LogP contribution in [-0.2, 0) is 20.8 Å². The number of amides is 2. The second-order valence-corrected chi connectivity index (χ2v) is 12.9. The number of piperazine rings is 3. The molecule has 3 N–H and O–H groups in total. The Morgan fingerprint density at radius 1 is 1.22 bits per heavy atom. The van der Waals surface area contributed by atoms with Gasteiger partial charge in [-0.15, -0.1) is 0 Å². The number of aliphatic hydroxyl groups is 1. The maximum absolute atomic E-state index is 12.4. The number of ether oxygens (including phenoxy) is 1. The number of hydrogen-bond acceptors (Lipinski definition) is 6. The number of benzene rings is 1. The van der Waals surface area contributed by atoms with Crippen molar-refractivity contribution in [3.8, 4) is 17.6 Å². The molecular weight excluding hydrogens is 663 g/mol. The van der Waals surface area contributed by atoms with E-state index in [1.165, 1.54) is 17.4 Å². The summed E-state index contributed by atoms with van der Waals surface area (Å²) in [6.45, 7) is 11.3. The predicted octanol–water partition coefficient (Wildman–Crippen LogP) is -3.77. The Kier molecular flexibility index (Phi) is 9.31. The van der Waals surface area contributed by atoms with Gasteiger partial charge in [0.05, 0.1) is 39.8 Å². The number of carboxylic acids is 1. The first-order valence-corrected chi connectivity index (χ1v) is 14.9. The van der Waals surface area contributed by atoms with Crippen molar-refractivity contribution in [2.24, 2.45) is 17.6 Å². The molecule has 12 heteroatoms. The number of nitrogens with zero attached hydrogens (tertiary/aromatic N) is 3. The number of aliphatic carboxylic acids is 1. The van der Waals surface area contributed by atoms with Crippen molar-refractivity contribution in [1.29, 1.82) is 0 Å². The van der Waals surface area contributed by atoms with E-state index in [4.69, 9.17) is 10.5 Å². The van der Waals surface area contributed by atoms with Gasteiger partial charge in [-0.2, -0.15) is 0 Å². The molecule has 1 aromatic rings. The third kappa shape index (κ3) is 5.95. The van der Waals surface area contributed by atoms with Crippen LogP contribution in [0, 0.1) is 27.2 Å². The molecule has 5 heterocycles. The molecule has 0 aliphatic carbocycles. The third-order valence-corrected chi connectivity index (χ3v) is 10.2. The van der Waals surface area contributed by atoms with E-state index < -0.39 is 29.9 Å². The van der Waals surface area contributed by atoms with Crippen molar-refractivity contribution in [2.45, 2.75) is 32.4 Å². The minimum atomic E-state index is -1.44. The van der Waals surface area contributed by atoms with Crippen molar-refractivity contribution < 1.29 is 50.7 Å². The first kappa shape index (κ1) is 31.6. The van der Waals surface area contributed by atoms with Gasteiger partial charge in [-0.3, -0.25) is 9.59 Å². The van der Waals surface area contributed by atoms with Gasteiger partial charge in [0, 0.05) is 17.9 Å². The quantitative estimate of drug-likeness (QED) is 0.118. The maximum Gasteiger partial charge on any atom is 0.272 e. The number of aliphatic hydroxyl groups excluding tert-OH is 1. The first-order valence-electron chi connectivity index (χ1n) is 13.8. The monoisotopic (exact) mass is 698 g/mol. The number of β-lactam (4-membered cyclic amide) rings is 1. The van der Waals surface area contributed by atoms with E-state index in [9.17, 15) is 24.6 Å². The zero-order valence-electron chi connectivity index (χ0n) is 23.3. The van der Waals surface area contributed by atoms with Gasteiger partial charge in [0.15, 0.2) is 6.54 Å². The summed E-state index contributed by atoms with van der Waals surface area (Å²) in [5, 5.41) is 21.8. The van der Waals surface area contributed by atoms with E-state index in [-0.39, 0.29) is 36.5 Å². The smallest absolute Gasteiger partial charge is 0.272 e. The lowest BCUT2D eigenvalue weighted by molar-refractivity contribution is -1.08. The average molecular weight is 699 g/mol. The SMILES string of the molecule is C[C@@H](O)[C@H]1C(=O)N2C(C(=O)[O-])=C(C#CCOc3ccc(CC[N+]45CC[N+](CC(N)=O)(CC4)CC5)cc3I)[C@H](C)[C@H]12.[Cl-]. The lowest BCUT2D eigenvalue weighted by Crippen LogP contribution is -3.00. The Balaban J connectivity index is 0.00000387. The molecule has 2 amide bonds. The molecule has 0 radical (unpaired) electrons. The molecule has 4 fully saturated rings. The fourth-order valence-corrected chi connectivity index (χ4v) is 7.73. The number of quaternary nitrogens is 2. The molecule has 5 aliphatic rings. The number of rotatable bonds is 9. The summed E-state index contributed by atoms with van der Waals surface area (Å²) in [6.07, 6.45) is 0.101. The molecule has 2 bridgehead atoms. The van der Waals surface area contributed by atoms with E-state index in [0.29, 0.717) is 17.9 Å². The number of fused-ring (bicyclic) bond motifs is 4. The molecule has 6 rings (SSSR count). The van der Waals surface area contributed by atoms with Crippen LogP contribution in [-0.4, -0.2) is 108 Å². The Labute approximate surface area is 260 Å². The van der Waals surface area contributed by atoms with Crippen molar-refractivity contribution in [2.75, 3.05) is 59.0 Å². The second kappa shape index (κ2) is 12.1. The third-order valence-electron chi connectivity index (χ3n) is 9.40. The van der Waals surface area contributed by atoms with Crippen molar-refractivity contribution in [3.05, 3.63) is 38.6 Å². The topological polar surface area (TPSA) is 133 Å². The summed E-state index contributed by atoms with van der Waals surface area (Å²) in [5.74, 6) is 3.51. The number of carbonyl (C=O) groups excluding carboxylic acids is 3. The average Bonchev–Trinajstić information content (AvgIpc) is 3.14. The number of primary amides is 1. The summed E-state index contributed by atoms with van der Waals surface area (Å²) in [4.78, 5) is 37.0. The first-order chi connectivity index (χ1) is 19.0. The normalized spacial score (nSPS) is 30.5. The fraction of sp³-hybridized carbons (Fsp3) is 0.552. The van der Waals surface area contributed by atoms with Crippen molar-refractivity contribution >= 4 is 40.4 Å². The highest BCUT2D eigenvalue weighted by Gasteiger charge is 2.58. The van der Waals surface area contributed by atoms with Gasteiger partial charge in [0.25, 0.3) is 5.91 Å². The Hall–Kier alpha value is -2.37. The van der Waals surface area contributed by atoms with Crippen LogP contribution in [0.25, 0.3) is 0 Å². The lowest BCUT2D eigenvalue weighted by Gasteiger charge is -2.55. The number of nitrogens with two attached hydrogens (primary N) is 1. The van der Waals surface area contributed by atoms with Gasteiger partial charge in [-0.1, -0.05) is 24.8 Å². The van der Waals surface area contributed by atoms with Gasteiger partial charge in [-0.25, -0.2) is 0 Å². The number of hydrogen-bond donors (Lipinski definition) is 2. The summed E-state index contributed by atoms with van der Waals surface area (Å²) >= 11 is 2.26. The van der Waals surface area contributed by atoms with Crippen LogP contribution in [0.1, 0.15) is 19.4 Å². The molecule has 1 aromatic carbocycles. The van der Waals surface area contributed by atoms with E-state index in [1.54, 1.807) is 0 Å². The Bertz CT molecular complexity index is 1310. The van der Waals surface area contributed by atoms with Crippen LogP contribution in [0.4, 0.5) is 0 Å². The van der Waals surface area contributed by atoms with E-state index >= 15 is 0 Å². The van der Waals surface area contributed by atoms with Gasteiger partial charge >= 0.3 is 0 Å². The molecule has 41 heavy (non-hydrogen) atoms. The van der Waals surface area contributed by atoms with E-state index in [2.05, 4.69) is 46.6 Å². The van der Waals surface area contributed by atoms with E-state index in [0.717, 1.165) is 64.8 Å². The molecule has 10 nitrogen and oxygen atoms in total. The Morgan fingerprint density at radius 3 is 2.41 bits per heavy atom. The molecule has 0 saturated carbocycles. The number of carboxylic acid groups (broad SMARTS) is 1. The van der Waals surface area contributed by atoms with Crippen LogP contribution in [0.15, 0.2) is 29.5 Å². The highest BCUT2D eigenvalue weighted by atomic mass is 127. The zero-order chi connectivity index (χ0) is 28.8. The number of halogens is 2. The van der Waals surface area contributed by atoms with Gasteiger partial charge in [0.1, 0.15) is 51.6 Å². The Morgan fingerprint density at radius 2 is 1.85 bits per heavy atom. The summed E-state index contributed by atoms with van der Waals surface area (Å²) in [7, 11) is 0. The molecule has 0 aromatic heterocycles. The minimum Gasteiger partial charge on any atom is -1.00 e. The zero-order valence-corrected chi connectivity index (χ0v) is 26.2. The number of carbonyl (C=O) groups is 3. The summed E-state index contributed by atoms with van der Waals surface area (Å²) in [5.41, 5.74) is 6.87. The minimum absolute atomic E-state index is 0. The second-order valence-electron chi connectivity index (χ2n) is 11.8. The fourth-order valence-electron chi connectivity index (χ4n) is 6.99. The molecule has 4 atom stereocenters. The van der Waals surface area contributed by atoms with Crippen LogP contribution >= 0.6 is 22.6 Å². The van der Waals surface area contributed by atoms with Crippen molar-refractivity contribution in [3.63, 3.8) is 0 Å². The largest absolute Gasteiger partial charge is 1.00 e.